The van der Waals surface area contributed by atoms with Crippen LogP contribution in [-0.4, -0.2) is 9.97 Å². The molecule has 0 saturated carbocycles. The normalized spacial score (nSPS) is 12.8. The highest BCUT2D eigenvalue weighted by molar-refractivity contribution is 5.93. The molecule has 1 aromatic heterocycles. The highest BCUT2D eigenvalue weighted by Crippen LogP contribution is 2.52. The third-order valence-electron chi connectivity index (χ3n) is 9.12. The molecule has 7 aromatic rings. The van der Waals surface area contributed by atoms with Gasteiger partial charge in [-0.15, -0.1) is 0 Å². The molecule has 3 heteroatoms. The van der Waals surface area contributed by atoms with Crippen LogP contribution in [0, 0.1) is 11.3 Å². The Kier molecular flexibility index (Phi) is 6.18. The van der Waals surface area contributed by atoms with Crippen molar-refractivity contribution in [2.75, 3.05) is 0 Å². The lowest BCUT2D eigenvalue weighted by atomic mass is 9.82. The minimum absolute atomic E-state index is 0.136. The van der Waals surface area contributed by atoms with Crippen LogP contribution >= 0.6 is 0 Å². The van der Waals surface area contributed by atoms with Gasteiger partial charge >= 0.3 is 0 Å². The topological polar surface area (TPSA) is 49.6 Å². The second-order valence-corrected chi connectivity index (χ2v) is 12.2. The highest BCUT2D eigenvalue weighted by atomic mass is 14.9. The van der Waals surface area contributed by atoms with E-state index in [1.165, 1.54) is 27.6 Å². The molecule has 1 aliphatic carbocycles. The molecule has 8 rings (SSSR count). The Bertz CT molecular complexity index is 2290. The summed E-state index contributed by atoms with van der Waals surface area (Å²) < 4.78 is 0. The van der Waals surface area contributed by atoms with E-state index < -0.39 is 0 Å². The zero-order valence-corrected chi connectivity index (χ0v) is 25.1. The van der Waals surface area contributed by atoms with Crippen LogP contribution in [0.1, 0.15) is 30.5 Å². The summed E-state index contributed by atoms with van der Waals surface area (Å²) in [5.74, 6) is 0.703. The molecule has 0 amide bonds. The van der Waals surface area contributed by atoms with Gasteiger partial charge in [0.1, 0.15) is 0 Å². The lowest BCUT2D eigenvalue weighted by Gasteiger charge is -2.21. The Labute approximate surface area is 263 Å². The number of nitrogens with zero attached hydrogens (tertiary/aromatic N) is 3. The summed E-state index contributed by atoms with van der Waals surface area (Å²) >= 11 is 0. The molecule has 0 fully saturated rings. The monoisotopic (exact) mass is 575 g/mol. The largest absolute Gasteiger partial charge is 0.228 e. The van der Waals surface area contributed by atoms with Gasteiger partial charge in [-0.25, -0.2) is 9.97 Å². The predicted molar refractivity (Wildman–Crippen MR) is 184 cm³/mol. The molecule has 0 N–H and O–H groups in total. The lowest BCUT2D eigenvalue weighted by Crippen LogP contribution is -2.14. The average molecular weight is 576 g/mol. The van der Waals surface area contributed by atoms with Crippen molar-refractivity contribution in [3.63, 3.8) is 0 Å². The van der Waals surface area contributed by atoms with Gasteiger partial charge in [0.2, 0.25) is 0 Å². The summed E-state index contributed by atoms with van der Waals surface area (Å²) in [5, 5.41) is 12.0. The van der Waals surface area contributed by atoms with Crippen molar-refractivity contribution in [2.45, 2.75) is 19.3 Å². The standard InChI is InChI=1S/C42H29N3/c1-42(2)36-22-15-27(26-43)23-35(36)40-34(13-8-14-37(40)42)29-17-19-31(20-18-29)39-25-38(30-10-4-3-5-11-30)44-41(45-39)33-21-16-28-9-6-7-12-32(28)24-33/h3-25H,1-2H3. The van der Waals surface area contributed by atoms with Crippen LogP contribution < -0.4 is 0 Å². The number of rotatable bonds is 4. The number of nitriles is 1. The van der Waals surface area contributed by atoms with Crippen LogP contribution in [0.5, 0.6) is 0 Å². The van der Waals surface area contributed by atoms with Crippen molar-refractivity contribution in [3.8, 4) is 62.2 Å². The second-order valence-electron chi connectivity index (χ2n) is 12.2. The maximum Gasteiger partial charge on any atom is 0.160 e. The Morgan fingerprint density at radius 2 is 1.18 bits per heavy atom. The Morgan fingerprint density at radius 3 is 1.93 bits per heavy atom. The molecule has 1 heterocycles. The van der Waals surface area contributed by atoms with Crippen molar-refractivity contribution in [3.05, 3.63) is 156 Å². The molecule has 1 aliphatic rings. The molecule has 6 aromatic carbocycles. The quantitative estimate of drug-likeness (QED) is 0.210. The second kappa shape index (κ2) is 10.4. The summed E-state index contributed by atoms with van der Waals surface area (Å²) in [6.07, 6.45) is 0. The van der Waals surface area contributed by atoms with Gasteiger partial charge in [0, 0.05) is 22.1 Å². The van der Waals surface area contributed by atoms with Gasteiger partial charge in [-0.3, -0.25) is 0 Å². The van der Waals surface area contributed by atoms with Crippen molar-refractivity contribution in [2.24, 2.45) is 0 Å². The summed E-state index contributed by atoms with van der Waals surface area (Å²) in [6.45, 7) is 4.53. The van der Waals surface area contributed by atoms with E-state index in [4.69, 9.17) is 9.97 Å². The van der Waals surface area contributed by atoms with Gasteiger partial charge in [0.05, 0.1) is 23.0 Å². The minimum Gasteiger partial charge on any atom is -0.228 e. The third kappa shape index (κ3) is 4.51. The van der Waals surface area contributed by atoms with Crippen LogP contribution in [0.25, 0.3) is 66.9 Å². The summed E-state index contributed by atoms with van der Waals surface area (Å²) in [6, 6.07) is 50.8. The van der Waals surface area contributed by atoms with Gasteiger partial charge < -0.3 is 0 Å². The molecule has 0 aliphatic heterocycles. The fourth-order valence-electron chi connectivity index (χ4n) is 6.74. The Hall–Kier alpha value is -5.85. The summed E-state index contributed by atoms with van der Waals surface area (Å²) in [7, 11) is 0. The van der Waals surface area contributed by atoms with E-state index >= 15 is 0 Å². The Morgan fingerprint density at radius 1 is 0.511 bits per heavy atom. The zero-order valence-electron chi connectivity index (χ0n) is 25.1. The number of fused-ring (bicyclic) bond motifs is 4. The predicted octanol–water partition coefficient (Wildman–Crippen LogP) is 10.5. The molecule has 0 bridgehead atoms. The van der Waals surface area contributed by atoms with Gasteiger partial charge in [0.15, 0.2) is 5.82 Å². The first-order chi connectivity index (χ1) is 22.0. The molecule has 0 radical (unpaired) electrons. The summed E-state index contributed by atoms with van der Waals surface area (Å²) in [5.41, 5.74) is 12.6. The molecule has 0 saturated heterocycles. The van der Waals surface area contributed by atoms with Crippen molar-refractivity contribution < 1.29 is 0 Å². The van der Waals surface area contributed by atoms with Gasteiger partial charge in [-0.2, -0.15) is 5.26 Å². The van der Waals surface area contributed by atoms with Gasteiger partial charge in [-0.05, 0) is 68.4 Å². The van der Waals surface area contributed by atoms with E-state index in [2.05, 4.69) is 129 Å². The fourth-order valence-corrected chi connectivity index (χ4v) is 6.74. The van der Waals surface area contributed by atoms with Crippen LogP contribution in [-0.2, 0) is 5.41 Å². The Balaban J connectivity index is 1.24. The molecular formula is C42H29N3. The first-order valence-electron chi connectivity index (χ1n) is 15.2. The van der Waals surface area contributed by atoms with Crippen molar-refractivity contribution >= 4 is 10.8 Å². The van der Waals surface area contributed by atoms with E-state index in [1.54, 1.807) is 0 Å². The molecular weight excluding hydrogens is 546 g/mol. The average Bonchev–Trinajstić information content (AvgIpc) is 3.34. The van der Waals surface area contributed by atoms with Crippen LogP contribution in [0.2, 0.25) is 0 Å². The van der Waals surface area contributed by atoms with E-state index in [1.807, 2.05) is 30.3 Å². The molecule has 0 spiro atoms. The maximum atomic E-state index is 9.64. The van der Waals surface area contributed by atoms with Crippen LogP contribution in [0.4, 0.5) is 0 Å². The van der Waals surface area contributed by atoms with E-state index in [9.17, 15) is 5.26 Å². The lowest BCUT2D eigenvalue weighted by molar-refractivity contribution is 0.660. The fraction of sp³-hybridized carbons (Fsp3) is 0.0714. The number of hydrogen-bond acceptors (Lipinski definition) is 3. The van der Waals surface area contributed by atoms with E-state index in [0.29, 0.717) is 11.4 Å². The first kappa shape index (κ1) is 26.8. The maximum absolute atomic E-state index is 9.64. The molecule has 45 heavy (non-hydrogen) atoms. The minimum atomic E-state index is -0.136. The first-order valence-corrected chi connectivity index (χ1v) is 15.2. The SMILES string of the molecule is CC1(C)c2ccc(C#N)cc2-c2c(-c3ccc(-c4cc(-c5ccccc5)nc(-c5ccc6ccccc6c5)n4)cc3)cccc21. The van der Waals surface area contributed by atoms with E-state index in [-0.39, 0.29) is 5.41 Å². The number of aromatic nitrogens is 2. The molecule has 212 valence electrons. The van der Waals surface area contributed by atoms with Gasteiger partial charge in [-0.1, -0.05) is 129 Å². The molecule has 3 nitrogen and oxygen atoms in total. The molecule has 0 atom stereocenters. The zero-order chi connectivity index (χ0) is 30.5. The third-order valence-corrected chi connectivity index (χ3v) is 9.12. The molecule has 0 unspecified atom stereocenters. The smallest absolute Gasteiger partial charge is 0.160 e. The number of benzene rings is 6. The summed E-state index contributed by atoms with van der Waals surface area (Å²) in [4.78, 5) is 10.1. The highest BCUT2D eigenvalue weighted by Gasteiger charge is 2.36. The van der Waals surface area contributed by atoms with Crippen LogP contribution in [0.15, 0.2) is 140 Å². The van der Waals surface area contributed by atoms with Crippen LogP contribution in [0.3, 0.4) is 0 Å². The van der Waals surface area contributed by atoms with Gasteiger partial charge in [0.25, 0.3) is 0 Å². The number of hydrogen-bond donors (Lipinski definition) is 0. The van der Waals surface area contributed by atoms with Crippen molar-refractivity contribution in [1.29, 1.82) is 5.26 Å². The van der Waals surface area contributed by atoms with Crippen molar-refractivity contribution in [1.82, 2.24) is 9.97 Å². The van der Waals surface area contributed by atoms with E-state index in [0.717, 1.165) is 44.6 Å².